The zero-order valence-electron chi connectivity index (χ0n) is 10.7. The first kappa shape index (κ1) is 14.3. The largest absolute Gasteiger partial charge is 0.327 e. The van der Waals surface area contributed by atoms with Crippen molar-refractivity contribution in [3.05, 3.63) is 24.3 Å². The van der Waals surface area contributed by atoms with Crippen LogP contribution in [0.25, 0.3) is 11.0 Å². The van der Waals surface area contributed by atoms with Crippen LogP contribution in [0.1, 0.15) is 12.7 Å². The molecule has 2 rings (SSSR count). The minimum atomic E-state index is -2.99. The van der Waals surface area contributed by atoms with E-state index in [0.29, 0.717) is 18.8 Å². The van der Waals surface area contributed by atoms with Crippen LogP contribution in [0.5, 0.6) is 0 Å². The van der Waals surface area contributed by atoms with Crippen LogP contribution in [-0.2, 0) is 22.8 Å². The van der Waals surface area contributed by atoms with Crippen molar-refractivity contribution in [3.63, 3.8) is 0 Å². The van der Waals surface area contributed by atoms with Gasteiger partial charge in [-0.3, -0.25) is 4.98 Å². The molecule has 0 saturated heterocycles. The number of rotatable bonds is 6. The molecule has 0 fully saturated rings. The fourth-order valence-electron chi connectivity index (χ4n) is 1.93. The van der Waals surface area contributed by atoms with Crippen LogP contribution in [0.3, 0.4) is 0 Å². The number of sulfone groups is 1. The van der Waals surface area contributed by atoms with E-state index < -0.39 is 9.84 Å². The summed E-state index contributed by atoms with van der Waals surface area (Å²) in [5.74, 6) is 1.54. The molecule has 2 aromatic rings. The highest BCUT2D eigenvalue weighted by molar-refractivity contribution is 7.91. The van der Waals surface area contributed by atoms with Crippen molar-refractivity contribution in [2.24, 2.45) is 0 Å². The van der Waals surface area contributed by atoms with E-state index in [2.05, 4.69) is 9.97 Å². The lowest BCUT2D eigenvalue weighted by atomic mass is 10.4. The molecule has 0 aliphatic rings. The van der Waals surface area contributed by atoms with Gasteiger partial charge in [-0.25, -0.2) is 13.4 Å². The summed E-state index contributed by atoms with van der Waals surface area (Å²) in [6.45, 7) is 2.06. The quantitative estimate of drug-likeness (QED) is 0.761. The third-order valence-electron chi connectivity index (χ3n) is 3.01. The van der Waals surface area contributed by atoms with Gasteiger partial charge >= 0.3 is 0 Å². The van der Waals surface area contributed by atoms with Gasteiger partial charge in [0.05, 0.1) is 17.5 Å². The van der Waals surface area contributed by atoms with Crippen LogP contribution in [0.15, 0.2) is 18.5 Å². The van der Waals surface area contributed by atoms with Crippen molar-refractivity contribution in [1.82, 2.24) is 14.5 Å². The Kier molecular flexibility index (Phi) is 4.42. The lowest BCUT2D eigenvalue weighted by Crippen LogP contribution is -2.16. The van der Waals surface area contributed by atoms with E-state index in [1.165, 1.54) is 0 Å². The lowest BCUT2D eigenvalue weighted by Gasteiger charge is -2.08. The second kappa shape index (κ2) is 5.88. The van der Waals surface area contributed by atoms with Gasteiger partial charge in [0.25, 0.3) is 0 Å². The van der Waals surface area contributed by atoms with Crippen LogP contribution >= 0.6 is 11.6 Å². The molecule has 2 aromatic heterocycles. The maximum Gasteiger partial charge on any atom is 0.151 e. The van der Waals surface area contributed by atoms with Gasteiger partial charge in [-0.1, -0.05) is 6.92 Å². The highest BCUT2D eigenvalue weighted by Gasteiger charge is 2.13. The molecule has 0 amide bonds. The van der Waals surface area contributed by atoms with Crippen LogP contribution in [0, 0.1) is 0 Å². The SMILES string of the molecule is CCS(=O)(=O)CCn1c(CCCl)nc2cnccc21. The minimum Gasteiger partial charge on any atom is -0.327 e. The normalized spacial score (nSPS) is 12.1. The number of hydrogen-bond acceptors (Lipinski definition) is 4. The summed E-state index contributed by atoms with van der Waals surface area (Å²) in [7, 11) is -2.99. The smallest absolute Gasteiger partial charge is 0.151 e. The van der Waals surface area contributed by atoms with Crippen molar-refractivity contribution in [2.45, 2.75) is 19.9 Å². The van der Waals surface area contributed by atoms with Gasteiger partial charge in [0.2, 0.25) is 0 Å². The first-order chi connectivity index (χ1) is 9.07. The number of hydrogen-bond donors (Lipinski definition) is 0. The molecule has 19 heavy (non-hydrogen) atoms. The molecule has 0 unspecified atom stereocenters. The van der Waals surface area contributed by atoms with Gasteiger partial charge in [-0.05, 0) is 6.07 Å². The summed E-state index contributed by atoms with van der Waals surface area (Å²) < 4.78 is 25.2. The van der Waals surface area contributed by atoms with E-state index in [1.54, 1.807) is 19.3 Å². The topological polar surface area (TPSA) is 64.8 Å². The Morgan fingerprint density at radius 3 is 2.89 bits per heavy atom. The molecule has 0 saturated carbocycles. The summed E-state index contributed by atoms with van der Waals surface area (Å²) in [6, 6.07) is 1.85. The standard InChI is InChI=1S/C12H16ClN3O2S/c1-2-19(17,18)8-7-16-11-4-6-14-9-10(11)15-12(16)3-5-13/h4,6,9H,2-3,5,7-8H2,1H3. The molecular weight excluding hydrogens is 286 g/mol. The third-order valence-corrected chi connectivity index (χ3v) is 4.89. The number of alkyl halides is 1. The maximum absolute atomic E-state index is 11.6. The Balaban J connectivity index is 2.36. The molecule has 0 aliphatic heterocycles. The van der Waals surface area contributed by atoms with Crippen LogP contribution < -0.4 is 0 Å². The van der Waals surface area contributed by atoms with E-state index in [0.717, 1.165) is 16.9 Å². The molecular formula is C12H16ClN3O2S. The number of aromatic nitrogens is 3. The molecule has 0 bridgehead atoms. The second-order valence-electron chi connectivity index (χ2n) is 4.22. The summed E-state index contributed by atoms with van der Waals surface area (Å²) in [4.78, 5) is 8.48. The Morgan fingerprint density at radius 2 is 2.21 bits per heavy atom. The number of fused-ring (bicyclic) bond motifs is 1. The van der Waals surface area contributed by atoms with Crippen LogP contribution in [-0.4, -0.2) is 40.3 Å². The lowest BCUT2D eigenvalue weighted by molar-refractivity contribution is 0.589. The van der Waals surface area contributed by atoms with Gasteiger partial charge in [-0.2, -0.15) is 0 Å². The minimum absolute atomic E-state index is 0.118. The molecule has 2 heterocycles. The monoisotopic (exact) mass is 301 g/mol. The highest BCUT2D eigenvalue weighted by atomic mass is 35.5. The number of pyridine rings is 1. The first-order valence-electron chi connectivity index (χ1n) is 6.13. The number of aryl methyl sites for hydroxylation is 2. The fourth-order valence-corrected chi connectivity index (χ4v) is 2.85. The highest BCUT2D eigenvalue weighted by Crippen LogP contribution is 2.16. The fraction of sp³-hybridized carbons (Fsp3) is 0.500. The van der Waals surface area contributed by atoms with E-state index in [-0.39, 0.29) is 11.5 Å². The Labute approximate surface area is 117 Å². The zero-order chi connectivity index (χ0) is 13.9. The Bertz CT molecular complexity index is 667. The van der Waals surface area contributed by atoms with Crippen molar-refractivity contribution < 1.29 is 8.42 Å². The van der Waals surface area contributed by atoms with E-state index in [4.69, 9.17) is 11.6 Å². The Morgan fingerprint density at radius 1 is 1.42 bits per heavy atom. The summed E-state index contributed by atoms with van der Waals surface area (Å²) >= 11 is 5.77. The predicted molar refractivity (Wildman–Crippen MR) is 76.3 cm³/mol. The van der Waals surface area contributed by atoms with Crippen molar-refractivity contribution >= 4 is 32.5 Å². The summed E-state index contributed by atoms with van der Waals surface area (Å²) in [5, 5.41) is 0. The predicted octanol–water partition coefficient (Wildman–Crippen LogP) is 1.65. The van der Waals surface area contributed by atoms with Gasteiger partial charge in [0, 0.05) is 30.8 Å². The average Bonchev–Trinajstić information content (AvgIpc) is 2.74. The molecule has 7 heteroatoms. The Hall–Kier alpha value is -1.14. The number of nitrogens with zero attached hydrogens (tertiary/aromatic N) is 3. The molecule has 0 aliphatic carbocycles. The van der Waals surface area contributed by atoms with Crippen LogP contribution in [0.2, 0.25) is 0 Å². The van der Waals surface area contributed by atoms with Crippen molar-refractivity contribution in [1.29, 1.82) is 0 Å². The summed E-state index contributed by atoms with van der Waals surface area (Å²) in [5.41, 5.74) is 1.68. The molecule has 0 aromatic carbocycles. The van der Waals surface area contributed by atoms with Gasteiger partial charge in [0.15, 0.2) is 9.84 Å². The third kappa shape index (κ3) is 3.25. The zero-order valence-corrected chi connectivity index (χ0v) is 12.3. The molecule has 5 nitrogen and oxygen atoms in total. The number of imidazole rings is 1. The van der Waals surface area contributed by atoms with Gasteiger partial charge in [-0.15, -0.1) is 11.6 Å². The van der Waals surface area contributed by atoms with Crippen LogP contribution in [0.4, 0.5) is 0 Å². The molecule has 0 atom stereocenters. The summed E-state index contributed by atoms with van der Waals surface area (Å²) in [6.07, 6.45) is 3.97. The molecule has 0 spiro atoms. The molecule has 104 valence electrons. The number of halogens is 1. The van der Waals surface area contributed by atoms with Crippen molar-refractivity contribution in [2.75, 3.05) is 17.4 Å². The average molecular weight is 302 g/mol. The maximum atomic E-state index is 11.6. The second-order valence-corrected chi connectivity index (χ2v) is 7.07. The van der Waals surface area contributed by atoms with Gasteiger partial charge < -0.3 is 4.57 Å². The van der Waals surface area contributed by atoms with Gasteiger partial charge in [0.1, 0.15) is 11.3 Å². The van der Waals surface area contributed by atoms with E-state index in [1.807, 2.05) is 10.6 Å². The van der Waals surface area contributed by atoms with E-state index in [9.17, 15) is 8.42 Å². The first-order valence-corrected chi connectivity index (χ1v) is 8.48. The molecule has 0 radical (unpaired) electrons. The van der Waals surface area contributed by atoms with E-state index >= 15 is 0 Å². The van der Waals surface area contributed by atoms with Crippen molar-refractivity contribution in [3.8, 4) is 0 Å². The molecule has 0 N–H and O–H groups in total.